The molecule has 25 heavy (non-hydrogen) atoms. The molecule has 3 aromatic rings. The van der Waals surface area contributed by atoms with Gasteiger partial charge in [0.2, 0.25) is 0 Å². The molecule has 0 aliphatic carbocycles. The number of hydrazine groups is 1. The topological polar surface area (TPSA) is 86.9 Å². The van der Waals surface area contributed by atoms with Crippen molar-refractivity contribution in [2.75, 3.05) is 0 Å². The molecule has 3 rings (SSSR count). The maximum absolute atomic E-state index is 12.1. The first-order chi connectivity index (χ1) is 12.2. The molecule has 2 amide bonds. The highest BCUT2D eigenvalue weighted by molar-refractivity contribution is 5.98. The maximum atomic E-state index is 12.1. The Hall–Kier alpha value is -3.41. The first-order valence-corrected chi connectivity index (χ1v) is 7.98. The van der Waals surface area contributed by atoms with Gasteiger partial charge >= 0.3 is 0 Å². The number of aromatic nitrogens is 2. The van der Waals surface area contributed by atoms with Crippen molar-refractivity contribution in [3.63, 3.8) is 0 Å². The number of H-pyrrole nitrogens is 1. The fourth-order valence-electron chi connectivity index (χ4n) is 2.34. The molecule has 1 aromatic heterocycles. The highest BCUT2D eigenvalue weighted by Crippen LogP contribution is 2.16. The number of carbonyl (C=O) groups excluding carboxylic acids is 2. The molecule has 0 aliphatic rings. The van der Waals surface area contributed by atoms with Crippen LogP contribution in [0.5, 0.6) is 0 Å². The van der Waals surface area contributed by atoms with E-state index in [0.29, 0.717) is 11.3 Å². The van der Waals surface area contributed by atoms with Crippen LogP contribution in [0.2, 0.25) is 0 Å². The summed E-state index contributed by atoms with van der Waals surface area (Å²) in [5.74, 6) is -0.841. The van der Waals surface area contributed by atoms with Crippen molar-refractivity contribution in [3.05, 3.63) is 77.5 Å². The second-order valence-electron chi connectivity index (χ2n) is 5.49. The number of hydrogen-bond acceptors (Lipinski definition) is 3. The average Bonchev–Trinajstić information content (AvgIpc) is 3.17. The van der Waals surface area contributed by atoms with Gasteiger partial charge in [-0.15, -0.1) is 0 Å². The van der Waals surface area contributed by atoms with Gasteiger partial charge in [-0.05, 0) is 30.2 Å². The molecular formula is C19H18N4O2. The Morgan fingerprint density at radius 2 is 1.64 bits per heavy atom. The van der Waals surface area contributed by atoms with Gasteiger partial charge in [-0.1, -0.05) is 49.4 Å². The van der Waals surface area contributed by atoms with Crippen molar-refractivity contribution in [2.45, 2.75) is 13.3 Å². The highest BCUT2D eigenvalue weighted by atomic mass is 16.2. The van der Waals surface area contributed by atoms with E-state index in [9.17, 15) is 9.59 Å². The molecule has 0 saturated heterocycles. The Balaban J connectivity index is 1.60. The molecule has 2 aromatic carbocycles. The minimum Gasteiger partial charge on any atom is -0.272 e. The monoisotopic (exact) mass is 334 g/mol. The lowest BCUT2D eigenvalue weighted by Crippen LogP contribution is -2.41. The summed E-state index contributed by atoms with van der Waals surface area (Å²) in [6, 6.07) is 18.4. The summed E-state index contributed by atoms with van der Waals surface area (Å²) in [5.41, 5.74) is 8.23. The average molecular weight is 334 g/mol. The summed E-state index contributed by atoms with van der Waals surface area (Å²) in [7, 11) is 0. The van der Waals surface area contributed by atoms with Crippen LogP contribution in [0, 0.1) is 0 Å². The second-order valence-corrected chi connectivity index (χ2v) is 5.49. The summed E-state index contributed by atoms with van der Waals surface area (Å²) < 4.78 is 0. The number of amides is 2. The van der Waals surface area contributed by atoms with Gasteiger partial charge in [0.1, 0.15) is 5.69 Å². The summed E-state index contributed by atoms with van der Waals surface area (Å²) in [6.45, 7) is 2.05. The Kier molecular flexibility index (Phi) is 4.89. The van der Waals surface area contributed by atoms with E-state index in [-0.39, 0.29) is 11.6 Å². The molecule has 0 saturated carbocycles. The number of nitrogens with zero attached hydrogens (tertiary/aromatic N) is 1. The van der Waals surface area contributed by atoms with Gasteiger partial charge < -0.3 is 0 Å². The van der Waals surface area contributed by atoms with Gasteiger partial charge in [0.25, 0.3) is 11.8 Å². The minimum absolute atomic E-state index is 0.264. The highest BCUT2D eigenvalue weighted by Gasteiger charge is 2.12. The van der Waals surface area contributed by atoms with Gasteiger partial charge in [0, 0.05) is 11.1 Å². The van der Waals surface area contributed by atoms with Crippen molar-refractivity contribution in [2.24, 2.45) is 0 Å². The standard InChI is InChI=1S/C19H18N4O2/c1-2-13-8-10-15(11-9-13)18(24)22-23-19(25)17-12-16(20-21-17)14-6-4-3-5-7-14/h3-12H,2H2,1H3,(H,20,21)(H,22,24)(H,23,25). The van der Waals surface area contributed by atoms with Crippen LogP contribution in [-0.4, -0.2) is 22.0 Å². The molecule has 6 nitrogen and oxygen atoms in total. The lowest BCUT2D eigenvalue weighted by molar-refractivity contribution is 0.0844. The summed E-state index contributed by atoms with van der Waals surface area (Å²) in [5, 5.41) is 6.78. The van der Waals surface area contributed by atoms with Crippen LogP contribution in [0.25, 0.3) is 11.3 Å². The number of hydrogen-bond donors (Lipinski definition) is 3. The molecule has 0 radical (unpaired) electrons. The molecule has 6 heteroatoms. The van der Waals surface area contributed by atoms with Crippen LogP contribution in [0.3, 0.4) is 0 Å². The molecule has 1 heterocycles. The van der Waals surface area contributed by atoms with Crippen molar-refractivity contribution in [1.29, 1.82) is 0 Å². The van der Waals surface area contributed by atoms with Crippen LogP contribution < -0.4 is 10.9 Å². The summed E-state index contributed by atoms with van der Waals surface area (Å²) >= 11 is 0. The summed E-state index contributed by atoms with van der Waals surface area (Å²) in [4.78, 5) is 24.2. The molecule has 126 valence electrons. The van der Waals surface area contributed by atoms with Gasteiger partial charge in [0.05, 0.1) is 5.69 Å². The maximum Gasteiger partial charge on any atom is 0.287 e. The van der Waals surface area contributed by atoms with Crippen LogP contribution in [0.4, 0.5) is 0 Å². The van der Waals surface area contributed by atoms with E-state index < -0.39 is 5.91 Å². The molecule has 3 N–H and O–H groups in total. The second kappa shape index (κ2) is 7.44. The Morgan fingerprint density at radius 1 is 0.960 bits per heavy atom. The smallest absolute Gasteiger partial charge is 0.272 e. The molecule has 0 atom stereocenters. The van der Waals surface area contributed by atoms with Gasteiger partial charge in [-0.2, -0.15) is 5.10 Å². The van der Waals surface area contributed by atoms with Crippen molar-refractivity contribution >= 4 is 11.8 Å². The predicted molar refractivity (Wildman–Crippen MR) is 94.8 cm³/mol. The zero-order chi connectivity index (χ0) is 17.6. The zero-order valence-corrected chi connectivity index (χ0v) is 13.7. The largest absolute Gasteiger partial charge is 0.287 e. The zero-order valence-electron chi connectivity index (χ0n) is 13.7. The van der Waals surface area contributed by atoms with E-state index in [1.54, 1.807) is 18.2 Å². The minimum atomic E-state index is -0.465. The first-order valence-electron chi connectivity index (χ1n) is 7.98. The van der Waals surface area contributed by atoms with Gasteiger partial charge in [0.15, 0.2) is 0 Å². The quantitative estimate of drug-likeness (QED) is 0.641. The molecule has 0 bridgehead atoms. The van der Waals surface area contributed by atoms with Crippen LogP contribution >= 0.6 is 0 Å². The number of nitrogens with one attached hydrogen (secondary N) is 3. The third-order valence-corrected chi connectivity index (χ3v) is 3.81. The normalized spacial score (nSPS) is 10.3. The van der Waals surface area contributed by atoms with E-state index in [0.717, 1.165) is 17.5 Å². The van der Waals surface area contributed by atoms with Crippen LogP contribution in [0.1, 0.15) is 33.3 Å². The molecular weight excluding hydrogens is 316 g/mol. The number of rotatable bonds is 4. The van der Waals surface area contributed by atoms with Crippen molar-refractivity contribution < 1.29 is 9.59 Å². The lowest BCUT2D eigenvalue weighted by atomic mass is 10.1. The van der Waals surface area contributed by atoms with E-state index in [4.69, 9.17) is 0 Å². The Labute approximate surface area is 145 Å². The van der Waals surface area contributed by atoms with Gasteiger partial charge in [-0.25, -0.2) is 0 Å². The lowest BCUT2D eigenvalue weighted by Gasteiger charge is -2.06. The Bertz CT molecular complexity index is 870. The van der Waals surface area contributed by atoms with Crippen molar-refractivity contribution in [3.8, 4) is 11.3 Å². The van der Waals surface area contributed by atoms with E-state index in [1.165, 1.54) is 0 Å². The number of aryl methyl sites for hydroxylation is 1. The number of aromatic amines is 1. The van der Waals surface area contributed by atoms with E-state index in [2.05, 4.69) is 21.0 Å². The SMILES string of the molecule is CCc1ccc(C(=O)NNC(=O)c2cc(-c3ccccc3)n[nH]2)cc1. The van der Waals surface area contributed by atoms with Crippen LogP contribution in [-0.2, 0) is 6.42 Å². The molecule has 0 spiro atoms. The third kappa shape index (κ3) is 3.92. The molecule has 0 aliphatic heterocycles. The first kappa shape index (κ1) is 16.4. The third-order valence-electron chi connectivity index (χ3n) is 3.81. The summed E-state index contributed by atoms with van der Waals surface area (Å²) in [6.07, 6.45) is 0.905. The van der Waals surface area contributed by atoms with Crippen LogP contribution in [0.15, 0.2) is 60.7 Å². The fourth-order valence-corrected chi connectivity index (χ4v) is 2.34. The predicted octanol–water partition coefficient (Wildman–Crippen LogP) is 2.71. The van der Waals surface area contributed by atoms with E-state index in [1.807, 2.05) is 49.4 Å². The number of benzene rings is 2. The number of carbonyl (C=O) groups is 2. The van der Waals surface area contributed by atoms with Crippen molar-refractivity contribution in [1.82, 2.24) is 21.0 Å². The fraction of sp³-hybridized carbons (Fsp3) is 0.105. The molecule has 0 unspecified atom stereocenters. The van der Waals surface area contributed by atoms with E-state index >= 15 is 0 Å². The Morgan fingerprint density at radius 3 is 2.32 bits per heavy atom. The van der Waals surface area contributed by atoms with Gasteiger partial charge in [-0.3, -0.25) is 25.5 Å². The molecule has 0 fully saturated rings.